The highest BCUT2D eigenvalue weighted by atomic mass is 16.2. The Hall–Kier alpha value is -1.88. The summed E-state index contributed by atoms with van der Waals surface area (Å²) in [4.78, 5) is 23.9. The van der Waals surface area contributed by atoms with Gasteiger partial charge in [0.05, 0.1) is 12.5 Å². The second kappa shape index (κ2) is 6.00. The molecule has 5 nitrogen and oxygen atoms in total. The van der Waals surface area contributed by atoms with Crippen LogP contribution in [0.15, 0.2) is 30.3 Å². The zero-order chi connectivity index (χ0) is 12.8. The zero-order valence-electron chi connectivity index (χ0n) is 9.80. The Kier molecular flexibility index (Phi) is 4.66. The lowest BCUT2D eigenvalue weighted by Crippen LogP contribution is -2.43. The molecule has 0 aliphatic carbocycles. The highest BCUT2D eigenvalue weighted by Crippen LogP contribution is 2.04. The summed E-state index contributed by atoms with van der Waals surface area (Å²) in [5, 5.41) is 0. The summed E-state index contributed by atoms with van der Waals surface area (Å²) >= 11 is 0. The van der Waals surface area contributed by atoms with Crippen molar-refractivity contribution in [1.82, 2.24) is 4.90 Å². The molecule has 0 aliphatic heterocycles. The summed E-state index contributed by atoms with van der Waals surface area (Å²) in [7, 11) is 1.65. The SMILES string of the molecule is CN(Cc1ccccc1)C(=O)C(N)CC(N)=O. The van der Waals surface area contributed by atoms with E-state index in [4.69, 9.17) is 11.5 Å². The quantitative estimate of drug-likeness (QED) is 0.743. The molecular weight excluding hydrogens is 218 g/mol. The predicted octanol–water partition coefficient (Wildman–Crippen LogP) is -0.152. The van der Waals surface area contributed by atoms with Crippen LogP contribution in [0.5, 0.6) is 0 Å². The summed E-state index contributed by atoms with van der Waals surface area (Å²) in [5.74, 6) is -0.855. The second-order valence-corrected chi connectivity index (χ2v) is 3.96. The van der Waals surface area contributed by atoms with Gasteiger partial charge in [-0.15, -0.1) is 0 Å². The summed E-state index contributed by atoms with van der Waals surface area (Å²) in [5.41, 5.74) is 11.6. The van der Waals surface area contributed by atoms with E-state index >= 15 is 0 Å². The van der Waals surface area contributed by atoms with Crippen molar-refractivity contribution in [1.29, 1.82) is 0 Å². The molecule has 0 fully saturated rings. The summed E-state index contributed by atoms with van der Waals surface area (Å²) in [6, 6.07) is 8.69. The topological polar surface area (TPSA) is 89.4 Å². The van der Waals surface area contributed by atoms with Gasteiger partial charge < -0.3 is 16.4 Å². The minimum Gasteiger partial charge on any atom is -0.370 e. The lowest BCUT2D eigenvalue weighted by atomic mass is 10.1. The number of primary amides is 1. The van der Waals surface area contributed by atoms with Crippen molar-refractivity contribution in [2.75, 3.05) is 7.05 Å². The van der Waals surface area contributed by atoms with Crippen molar-refractivity contribution in [3.05, 3.63) is 35.9 Å². The van der Waals surface area contributed by atoms with Crippen molar-refractivity contribution < 1.29 is 9.59 Å². The van der Waals surface area contributed by atoms with Crippen molar-refractivity contribution in [3.8, 4) is 0 Å². The Morgan fingerprint density at radius 3 is 2.41 bits per heavy atom. The van der Waals surface area contributed by atoms with E-state index in [2.05, 4.69) is 0 Å². The molecule has 2 amide bonds. The average Bonchev–Trinajstić information content (AvgIpc) is 2.28. The molecule has 5 heteroatoms. The number of rotatable bonds is 5. The van der Waals surface area contributed by atoms with E-state index in [-0.39, 0.29) is 12.3 Å². The number of likely N-dealkylation sites (N-methyl/N-ethyl adjacent to an activating group) is 1. The van der Waals surface area contributed by atoms with Crippen LogP contribution in [0.25, 0.3) is 0 Å². The maximum absolute atomic E-state index is 11.8. The molecule has 1 rings (SSSR count). The molecule has 1 unspecified atom stereocenters. The standard InChI is InChI=1S/C12H17N3O2/c1-15(8-9-5-3-2-4-6-9)12(17)10(13)7-11(14)16/h2-6,10H,7-8,13H2,1H3,(H2,14,16). The predicted molar refractivity (Wildman–Crippen MR) is 64.7 cm³/mol. The number of amides is 2. The van der Waals surface area contributed by atoms with E-state index in [9.17, 15) is 9.59 Å². The lowest BCUT2D eigenvalue weighted by Gasteiger charge is -2.20. The Labute approximate surface area is 100 Å². The van der Waals surface area contributed by atoms with Gasteiger partial charge in [-0.05, 0) is 5.56 Å². The van der Waals surface area contributed by atoms with E-state index in [0.29, 0.717) is 6.54 Å². The van der Waals surface area contributed by atoms with Crippen LogP contribution in [0.3, 0.4) is 0 Å². The molecule has 92 valence electrons. The van der Waals surface area contributed by atoms with Gasteiger partial charge in [-0.2, -0.15) is 0 Å². The van der Waals surface area contributed by atoms with Crippen LogP contribution in [0.2, 0.25) is 0 Å². The van der Waals surface area contributed by atoms with Gasteiger partial charge in [0.15, 0.2) is 0 Å². The van der Waals surface area contributed by atoms with E-state index in [1.807, 2.05) is 30.3 Å². The Morgan fingerprint density at radius 2 is 1.88 bits per heavy atom. The van der Waals surface area contributed by atoms with Gasteiger partial charge >= 0.3 is 0 Å². The van der Waals surface area contributed by atoms with Crippen LogP contribution >= 0.6 is 0 Å². The molecule has 1 atom stereocenters. The minimum absolute atomic E-state index is 0.127. The number of nitrogens with zero attached hydrogens (tertiary/aromatic N) is 1. The van der Waals surface area contributed by atoms with E-state index in [0.717, 1.165) is 5.56 Å². The highest BCUT2D eigenvalue weighted by molar-refractivity contribution is 5.87. The molecule has 0 bridgehead atoms. The van der Waals surface area contributed by atoms with E-state index in [1.165, 1.54) is 4.90 Å². The second-order valence-electron chi connectivity index (χ2n) is 3.96. The molecule has 0 radical (unpaired) electrons. The van der Waals surface area contributed by atoms with Gasteiger partial charge in [0.25, 0.3) is 0 Å². The monoisotopic (exact) mass is 235 g/mol. The molecule has 0 saturated carbocycles. The van der Waals surface area contributed by atoms with Crippen LogP contribution in [-0.2, 0) is 16.1 Å². The first-order chi connectivity index (χ1) is 8.00. The lowest BCUT2D eigenvalue weighted by molar-refractivity contribution is -0.133. The highest BCUT2D eigenvalue weighted by Gasteiger charge is 2.19. The number of carbonyl (C=O) groups is 2. The van der Waals surface area contributed by atoms with Gasteiger partial charge in [-0.3, -0.25) is 9.59 Å². The number of carbonyl (C=O) groups excluding carboxylic acids is 2. The van der Waals surface area contributed by atoms with E-state index < -0.39 is 11.9 Å². The van der Waals surface area contributed by atoms with Crippen molar-refractivity contribution in [3.63, 3.8) is 0 Å². The fraction of sp³-hybridized carbons (Fsp3) is 0.333. The molecule has 0 aromatic heterocycles. The van der Waals surface area contributed by atoms with Crippen molar-refractivity contribution >= 4 is 11.8 Å². The smallest absolute Gasteiger partial charge is 0.240 e. The fourth-order valence-electron chi connectivity index (χ4n) is 1.52. The van der Waals surface area contributed by atoms with E-state index in [1.54, 1.807) is 7.05 Å². The summed E-state index contributed by atoms with van der Waals surface area (Å²) < 4.78 is 0. The van der Waals surface area contributed by atoms with Gasteiger partial charge in [0.1, 0.15) is 0 Å². The first-order valence-corrected chi connectivity index (χ1v) is 5.33. The zero-order valence-corrected chi connectivity index (χ0v) is 9.80. The minimum atomic E-state index is -0.860. The maximum atomic E-state index is 11.8. The molecular formula is C12H17N3O2. The Balaban J connectivity index is 2.55. The first-order valence-electron chi connectivity index (χ1n) is 5.33. The molecule has 0 heterocycles. The molecule has 4 N–H and O–H groups in total. The molecule has 0 aliphatic rings. The van der Waals surface area contributed by atoms with Crippen LogP contribution in [-0.4, -0.2) is 29.8 Å². The third kappa shape index (κ3) is 4.24. The van der Waals surface area contributed by atoms with Gasteiger partial charge in [0.2, 0.25) is 11.8 Å². The summed E-state index contributed by atoms with van der Waals surface area (Å²) in [6.45, 7) is 0.464. The fourth-order valence-corrected chi connectivity index (χ4v) is 1.52. The van der Waals surface area contributed by atoms with Crippen LogP contribution < -0.4 is 11.5 Å². The van der Waals surface area contributed by atoms with Crippen molar-refractivity contribution in [2.45, 2.75) is 19.0 Å². The Bertz CT molecular complexity index is 392. The number of benzene rings is 1. The maximum Gasteiger partial charge on any atom is 0.240 e. The molecule has 17 heavy (non-hydrogen) atoms. The van der Waals surface area contributed by atoms with Crippen LogP contribution in [0, 0.1) is 0 Å². The molecule has 0 saturated heterocycles. The average molecular weight is 235 g/mol. The van der Waals surface area contributed by atoms with Crippen LogP contribution in [0.1, 0.15) is 12.0 Å². The molecule has 1 aromatic carbocycles. The molecule has 0 spiro atoms. The van der Waals surface area contributed by atoms with Crippen LogP contribution in [0.4, 0.5) is 0 Å². The van der Waals surface area contributed by atoms with Gasteiger partial charge in [0, 0.05) is 13.6 Å². The first kappa shape index (κ1) is 13.2. The third-order valence-electron chi connectivity index (χ3n) is 2.38. The van der Waals surface area contributed by atoms with Gasteiger partial charge in [-0.1, -0.05) is 30.3 Å². The number of hydrogen-bond donors (Lipinski definition) is 2. The Morgan fingerprint density at radius 1 is 1.29 bits per heavy atom. The normalized spacial score (nSPS) is 11.9. The third-order valence-corrected chi connectivity index (χ3v) is 2.38. The van der Waals surface area contributed by atoms with Gasteiger partial charge in [-0.25, -0.2) is 0 Å². The number of hydrogen-bond acceptors (Lipinski definition) is 3. The molecule has 1 aromatic rings. The summed E-state index contributed by atoms with van der Waals surface area (Å²) in [6.07, 6.45) is -0.127. The number of nitrogens with two attached hydrogens (primary N) is 2. The largest absolute Gasteiger partial charge is 0.370 e. The van der Waals surface area contributed by atoms with Crippen molar-refractivity contribution in [2.24, 2.45) is 11.5 Å².